The van der Waals surface area contributed by atoms with Gasteiger partial charge in [0.1, 0.15) is 11.8 Å². The molecule has 0 N–H and O–H groups in total. The molecule has 5 rings (SSSR count). The molecule has 1 saturated heterocycles. The molecule has 0 aromatic heterocycles. The van der Waals surface area contributed by atoms with Crippen LogP contribution >= 0.6 is 0 Å². The predicted octanol–water partition coefficient (Wildman–Crippen LogP) is 4.45. The fraction of sp³-hybridized carbons (Fsp3) is 0.310. The van der Waals surface area contributed by atoms with Crippen LogP contribution in [0.2, 0.25) is 0 Å². The van der Waals surface area contributed by atoms with Crippen LogP contribution in [0.1, 0.15) is 16.7 Å². The lowest BCUT2D eigenvalue weighted by Gasteiger charge is -2.39. The molecule has 0 aliphatic carbocycles. The number of ether oxygens (including phenoxy) is 1. The van der Waals surface area contributed by atoms with Gasteiger partial charge < -0.3 is 14.5 Å². The second-order valence-electron chi connectivity index (χ2n) is 9.30. The summed E-state index contributed by atoms with van der Waals surface area (Å²) in [6, 6.07) is 24.2. The van der Waals surface area contributed by atoms with Crippen LogP contribution in [0.3, 0.4) is 0 Å². The number of methoxy groups -OCH3 is 1. The second kappa shape index (κ2) is 9.82. The summed E-state index contributed by atoms with van der Waals surface area (Å²) in [4.78, 5) is 25.2. The summed E-state index contributed by atoms with van der Waals surface area (Å²) >= 11 is 0. The Balaban J connectivity index is 1.42. The summed E-state index contributed by atoms with van der Waals surface area (Å²) < 4.78 is 5.58. The van der Waals surface area contributed by atoms with Crippen LogP contribution in [0.4, 0.5) is 11.4 Å². The summed E-state index contributed by atoms with van der Waals surface area (Å²) in [5, 5.41) is 0. The maximum absolute atomic E-state index is 13.7. The number of anilines is 2. The van der Waals surface area contributed by atoms with E-state index < -0.39 is 6.04 Å². The molecule has 0 radical (unpaired) electrons. The topological polar surface area (TPSA) is 48.4 Å². The highest BCUT2D eigenvalue weighted by molar-refractivity contribution is 6.22. The van der Waals surface area contributed by atoms with Crippen LogP contribution in [0.5, 0.6) is 5.75 Å². The molecule has 1 amide bonds. The van der Waals surface area contributed by atoms with Crippen LogP contribution in [-0.4, -0.2) is 56.1 Å². The molecule has 6 heteroatoms. The molecule has 180 valence electrons. The standard InChI is InChI=1S/C29H32N4O2/c1-21-17-22(2)19-24(18-21)33-28(34)25(20-23-9-5-4-6-10-23)30-29(33)32-15-13-31(14-16-32)26-11-7-8-12-27(26)35-3/h4-12,17-19,25H,13-16,20H2,1-3H3. The molecule has 0 saturated carbocycles. The van der Waals surface area contributed by atoms with Gasteiger partial charge in [-0.3, -0.25) is 4.79 Å². The zero-order valence-electron chi connectivity index (χ0n) is 20.6. The van der Waals surface area contributed by atoms with Gasteiger partial charge in [0.05, 0.1) is 18.5 Å². The van der Waals surface area contributed by atoms with Gasteiger partial charge in [-0.2, -0.15) is 0 Å². The van der Waals surface area contributed by atoms with Crippen LogP contribution in [-0.2, 0) is 11.2 Å². The van der Waals surface area contributed by atoms with Crippen molar-refractivity contribution >= 4 is 23.2 Å². The highest BCUT2D eigenvalue weighted by atomic mass is 16.5. The molecule has 1 atom stereocenters. The van der Waals surface area contributed by atoms with E-state index in [0.29, 0.717) is 6.42 Å². The molecule has 1 unspecified atom stereocenters. The van der Waals surface area contributed by atoms with E-state index in [4.69, 9.17) is 9.73 Å². The van der Waals surface area contributed by atoms with Gasteiger partial charge >= 0.3 is 0 Å². The lowest BCUT2D eigenvalue weighted by atomic mass is 10.1. The number of rotatable bonds is 5. The Hall–Kier alpha value is -3.80. The van der Waals surface area contributed by atoms with Gasteiger partial charge in [-0.25, -0.2) is 9.89 Å². The minimum absolute atomic E-state index is 0.0426. The van der Waals surface area contributed by atoms with Crippen molar-refractivity contribution in [3.05, 3.63) is 89.5 Å². The van der Waals surface area contributed by atoms with E-state index in [9.17, 15) is 4.79 Å². The Bertz CT molecular complexity index is 1210. The third-order valence-corrected chi connectivity index (χ3v) is 6.70. The van der Waals surface area contributed by atoms with Gasteiger partial charge in [-0.15, -0.1) is 0 Å². The number of hydrogen-bond donors (Lipinski definition) is 0. The Morgan fingerprint density at radius 1 is 0.857 bits per heavy atom. The van der Waals surface area contributed by atoms with Crippen molar-refractivity contribution in [3.8, 4) is 5.75 Å². The largest absolute Gasteiger partial charge is 0.495 e. The van der Waals surface area contributed by atoms with Gasteiger partial charge in [-0.05, 0) is 54.8 Å². The van der Waals surface area contributed by atoms with Gasteiger partial charge in [-0.1, -0.05) is 48.5 Å². The normalized spacial score (nSPS) is 18.1. The Labute approximate surface area is 207 Å². The monoisotopic (exact) mass is 468 g/mol. The first-order valence-corrected chi connectivity index (χ1v) is 12.2. The van der Waals surface area contributed by atoms with Crippen molar-refractivity contribution in [2.24, 2.45) is 4.99 Å². The molecule has 2 heterocycles. The summed E-state index contributed by atoms with van der Waals surface area (Å²) in [5.74, 6) is 1.69. The molecule has 2 aliphatic heterocycles. The van der Waals surface area contributed by atoms with Gasteiger partial charge in [0.15, 0.2) is 0 Å². The number of para-hydroxylation sites is 2. The van der Waals surface area contributed by atoms with Crippen LogP contribution in [0.25, 0.3) is 0 Å². The average Bonchev–Trinajstić information content (AvgIpc) is 3.20. The molecule has 35 heavy (non-hydrogen) atoms. The molecule has 6 nitrogen and oxygen atoms in total. The zero-order chi connectivity index (χ0) is 24.4. The third kappa shape index (κ3) is 4.74. The quantitative estimate of drug-likeness (QED) is 0.555. The first-order chi connectivity index (χ1) is 17.0. The number of carbonyl (C=O) groups excluding carboxylic acids is 1. The highest BCUT2D eigenvalue weighted by Crippen LogP contribution is 2.31. The predicted molar refractivity (Wildman–Crippen MR) is 142 cm³/mol. The number of hydrogen-bond acceptors (Lipinski definition) is 5. The van der Waals surface area contributed by atoms with Crippen molar-refractivity contribution in [2.45, 2.75) is 26.3 Å². The number of carbonyl (C=O) groups is 1. The number of amides is 1. The van der Waals surface area contributed by atoms with Crippen molar-refractivity contribution in [3.63, 3.8) is 0 Å². The van der Waals surface area contributed by atoms with Crippen LogP contribution in [0, 0.1) is 13.8 Å². The lowest BCUT2D eigenvalue weighted by Crippen LogP contribution is -2.53. The molecule has 3 aromatic rings. The van der Waals surface area contributed by atoms with Gasteiger partial charge in [0.2, 0.25) is 5.96 Å². The van der Waals surface area contributed by atoms with Gasteiger partial charge in [0.25, 0.3) is 5.91 Å². The van der Waals surface area contributed by atoms with Crippen molar-refractivity contribution in [1.29, 1.82) is 0 Å². The van der Waals surface area contributed by atoms with Crippen molar-refractivity contribution < 1.29 is 9.53 Å². The molecule has 0 spiro atoms. The van der Waals surface area contributed by atoms with E-state index in [2.05, 4.69) is 60.0 Å². The number of benzene rings is 3. The highest BCUT2D eigenvalue weighted by Gasteiger charge is 2.39. The number of nitrogens with zero attached hydrogens (tertiary/aromatic N) is 4. The number of aryl methyl sites for hydroxylation is 2. The summed E-state index contributed by atoms with van der Waals surface area (Å²) in [7, 11) is 1.71. The SMILES string of the molecule is COc1ccccc1N1CCN(C2=NC(Cc3ccccc3)C(=O)N2c2cc(C)cc(C)c2)CC1. The summed E-state index contributed by atoms with van der Waals surface area (Å²) in [6.45, 7) is 7.37. The van der Waals surface area contributed by atoms with E-state index in [-0.39, 0.29) is 5.91 Å². The van der Waals surface area contributed by atoms with E-state index in [1.165, 1.54) is 0 Å². The van der Waals surface area contributed by atoms with Crippen LogP contribution < -0.4 is 14.5 Å². The third-order valence-electron chi connectivity index (χ3n) is 6.70. The van der Waals surface area contributed by atoms with E-state index in [1.807, 2.05) is 41.3 Å². The fourth-order valence-corrected chi connectivity index (χ4v) is 5.05. The number of aliphatic imine (C=N–C) groups is 1. The minimum atomic E-state index is -0.416. The first kappa shape index (κ1) is 23.0. The molecule has 2 aliphatic rings. The van der Waals surface area contributed by atoms with E-state index in [1.54, 1.807) is 7.11 Å². The minimum Gasteiger partial charge on any atom is -0.495 e. The number of piperazine rings is 1. The van der Waals surface area contributed by atoms with Crippen molar-refractivity contribution in [2.75, 3.05) is 43.1 Å². The maximum atomic E-state index is 13.7. The average molecular weight is 469 g/mol. The molecule has 0 bridgehead atoms. The summed E-state index contributed by atoms with van der Waals surface area (Å²) in [6.07, 6.45) is 0.603. The molecule has 3 aromatic carbocycles. The molecular weight excluding hydrogens is 436 g/mol. The second-order valence-corrected chi connectivity index (χ2v) is 9.30. The maximum Gasteiger partial charge on any atom is 0.259 e. The lowest BCUT2D eigenvalue weighted by molar-refractivity contribution is -0.118. The zero-order valence-corrected chi connectivity index (χ0v) is 20.6. The van der Waals surface area contributed by atoms with E-state index >= 15 is 0 Å². The molecule has 1 fully saturated rings. The Morgan fingerprint density at radius 3 is 2.17 bits per heavy atom. The first-order valence-electron chi connectivity index (χ1n) is 12.2. The van der Waals surface area contributed by atoms with Crippen LogP contribution in [0.15, 0.2) is 77.8 Å². The smallest absolute Gasteiger partial charge is 0.259 e. The fourth-order valence-electron chi connectivity index (χ4n) is 5.05. The summed E-state index contributed by atoms with van der Waals surface area (Å²) in [5.41, 5.74) is 5.40. The van der Waals surface area contributed by atoms with E-state index in [0.717, 1.165) is 66.0 Å². The van der Waals surface area contributed by atoms with Gasteiger partial charge in [0, 0.05) is 32.6 Å². The Kier molecular flexibility index (Phi) is 6.45. The molecular formula is C29H32N4O2. The Morgan fingerprint density at radius 2 is 1.49 bits per heavy atom. The number of guanidine groups is 1. The van der Waals surface area contributed by atoms with Crippen molar-refractivity contribution in [1.82, 2.24) is 4.90 Å².